The van der Waals surface area contributed by atoms with Crippen LogP contribution in [0.5, 0.6) is 0 Å². The predicted octanol–water partition coefficient (Wildman–Crippen LogP) is 3.30. The molecule has 0 aliphatic heterocycles. The van der Waals surface area contributed by atoms with Crippen molar-refractivity contribution in [3.05, 3.63) is 35.4 Å². The molecule has 3 unspecified atom stereocenters. The Kier molecular flexibility index (Phi) is 3.77. The average Bonchev–Trinajstić information content (AvgIpc) is 2.70. The fourth-order valence-electron chi connectivity index (χ4n) is 2.68. The summed E-state index contributed by atoms with van der Waals surface area (Å²) in [6.07, 6.45) is 3.19. The van der Waals surface area contributed by atoms with Crippen LogP contribution in [0.15, 0.2) is 18.2 Å². The van der Waals surface area contributed by atoms with Crippen molar-refractivity contribution in [1.82, 2.24) is 0 Å². The van der Waals surface area contributed by atoms with Crippen LogP contribution in [0.25, 0.3) is 0 Å². The maximum atomic E-state index is 13.0. The molecule has 0 spiro atoms. The van der Waals surface area contributed by atoms with Gasteiger partial charge >= 0.3 is 0 Å². The van der Waals surface area contributed by atoms with E-state index in [0.29, 0.717) is 23.8 Å². The van der Waals surface area contributed by atoms with E-state index < -0.39 is 17.7 Å². The molecule has 17 heavy (non-hydrogen) atoms. The Morgan fingerprint density at radius 1 is 1.29 bits per heavy atom. The molecule has 1 N–H and O–H groups in total. The van der Waals surface area contributed by atoms with Crippen LogP contribution in [0.3, 0.4) is 0 Å². The summed E-state index contributed by atoms with van der Waals surface area (Å²) >= 11 is 0. The van der Waals surface area contributed by atoms with E-state index in [0.717, 1.165) is 25.3 Å². The lowest BCUT2D eigenvalue weighted by Crippen LogP contribution is -2.20. The predicted molar refractivity (Wildman–Crippen MR) is 62.6 cm³/mol. The Morgan fingerprint density at radius 3 is 2.65 bits per heavy atom. The summed E-state index contributed by atoms with van der Waals surface area (Å²) in [5.74, 6) is -0.704. The van der Waals surface area contributed by atoms with Crippen molar-refractivity contribution in [2.75, 3.05) is 0 Å². The first-order valence-electron chi connectivity index (χ1n) is 6.18. The molecule has 0 saturated heterocycles. The van der Waals surface area contributed by atoms with Gasteiger partial charge in [0.1, 0.15) is 0 Å². The summed E-state index contributed by atoms with van der Waals surface area (Å²) in [7, 11) is 0. The summed E-state index contributed by atoms with van der Waals surface area (Å²) in [4.78, 5) is 0. The van der Waals surface area contributed by atoms with Gasteiger partial charge in [0, 0.05) is 0 Å². The molecule has 3 atom stereocenters. The fraction of sp³-hybridized carbons (Fsp3) is 0.571. The smallest absolute Gasteiger partial charge is 0.159 e. The number of benzene rings is 1. The Labute approximate surface area is 100 Å². The van der Waals surface area contributed by atoms with Gasteiger partial charge in [-0.05, 0) is 48.8 Å². The molecule has 3 heteroatoms. The Balaban J connectivity index is 1.98. The third kappa shape index (κ3) is 3.03. The summed E-state index contributed by atoms with van der Waals surface area (Å²) in [5.41, 5.74) is 0.663. The minimum absolute atomic E-state index is 0.304. The van der Waals surface area contributed by atoms with E-state index in [1.54, 1.807) is 6.07 Å². The van der Waals surface area contributed by atoms with Gasteiger partial charge in [-0.1, -0.05) is 19.4 Å². The van der Waals surface area contributed by atoms with Crippen molar-refractivity contribution >= 4 is 0 Å². The van der Waals surface area contributed by atoms with Crippen molar-refractivity contribution in [1.29, 1.82) is 0 Å². The summed E-state index contributed by atoms with van der Waals surface area (Å²) in [6.45, 7) is 2.18. The Hall–Kier alpha value is -0.960. The van der Waals surface area contributed by atoms with Crippen LogP contribution in [0.1, 0.15) is 31.7 Å². The van der Waals surface area contributed by atoms with E-state index in [1.165, 1.54) is 6.07 Å². The van der Waals surface area contributed by atoms with E-state index in [9.17, 15) is 13.9 Å². The van der Waals surface area contributed by atoms with Gasteiger partial charge in [0.05, 0.1) is 6.10 Å². The van der Waals surface area contributed by atoms with Gasteiger partial charge in [-0.25, -0.2) is 8.78 Å². The summed E-state index contributed by atoms with van der Waals surface area (Å²) in [5, 5.41) is 10.1. The number of aliphatic hydroxyl groups is 1. The standard InChI is InChI=1S/C14H18F2O/c1-9-2-4-11(6-9)14(17)8-10-3-5-12(15)13(16)7-10/h3,5,7,9,11,14,17H,2,4,6,8H2,1H3. The monoisotopic (exact) mass is 240 g/mol. The van der Waals surface area contributed by atoms with Crippen molar-refractivity contribution in [3.8, 4) is 0 Å². The Bertz CT molecular complexity index is 392. The van der Waals surface area contributed by atoms with Crippen molar-refractivity contribution in [2.24, 2.45) is 11.8 Å². The minimum atomic E-state index is -0.838. The maximum Gasteiger partial charge on any atom is 0.159 e. The highest BCUT2D eigenvalue weighted by atomic mass is 19.2. The average molecular weight is 240 g/mol. The molecule has 0 bridgehead atoms. The molecule has 1 aromatic carbocycles. The van der Waals surface area contributed by atoms with E-state index >= 15 is 0 Å². The van der Waals surface area contributed by atoms with Gasteiger partial charge in [-0.2, -0.15) is 0 Å². The molecule has 0 amide bonds. The molecule has 0 aromatic heterocycles. The van der Waals surface area contributed by atoms with E-state index in [1.807, 2.05) is 0 Å². The highest BCUT2D eigenvalue weighted by Gasteiger charge is 2.27. The van der Waals surface area contributed by atoms with Crippen molar-refractivity contribution in [3.63, 3.8) is 0 Å². The van der Waals surface area contributed by atoms with Crippen LogP contribution in [-0.4, -0.2) is 11.2 Å². The number of hydrogen-bond donors (Lipinski definition) is 1. The fourth-order valence-corrected chi connectivity index (χ4v) is 2.68. The number of aliphatic hydroxyl groups excluding tert-OH is 1. The zero-order chi connectivity index (χ0) is 12.4. The first kappa shape index (κ1) is 12.5. The quantitative estimate of drug-likeness (QED) is 0.859. The highest BCUT2D eigenvalue weighted by molar-refractivity contribution is 5.18. The molecule has 1 nitrogen and oxygen atoms in total. The van der Waals surface area contributed by atoms with Crippen molar-refractivity contribution < 1.29 is 13.9 Å². The molecule has 1 saturated carbocycles. The second-order valence-corrected chi connectivity index (χ2v) is 5.20. The van der Waals surface area contributed by atoms with Crippen LogP contribution in [0.2, 0.25) is 0 Å². The molecular weight excluding hydrogens is 222 g/mol. The summed E-state index contributed by atoms with van der Waals surface area (Å²) < 4.78 is 25.8. The topological polar surface area (TPSA) is 20.2 Å². The van der Waals surface area contributed by atoms with E-state index in [2.05, 4.69) is 6.92 Å². The van der Waals surface area contributed by atoms with E-state index in [4.69, 9.17) is 0 Å². The van der Waals surface area contributed by atoms with Gasteiger partial charge in [-0.3, -0.25) is 0 Å². The summed E-state index contributed by atoms with van der Waals surface area (Å²) in [6, 6.07) is 3.84. The number of halogens is 2. The van der Waals surface area contributed by atoms with Crippen LogP contribution >= 0.6 is 0 Å². The van der Waals surface area contributed by atoms with Gasteiger partial charge < -0.3 is 5.11 Å². The second kappa shape index (κ2) is 5.13. The zero-order valence-electron chi connectivity index (χ0n) is 10.00. The molecule has 1 fully saturated rings. The maximum absolute atomic E-state index is 13.0. The number of hydrogen-bond acceptors (Lipinski definition) is 1. The molecule has 1 aromatic rings. The van der Waals surface area contributed by atoms with E-state index in [-0.39, 0.29) is 0 Å². The first-order valence-corrected chi connectivity index (χ1v) is 6.18. The lowest BCUT2D eigenvalue weighted by atomic mass is 9.94. The molecule has 0 heterocycles. The van der Waals surface area contributed by atoms with Gasteiger partial charge in [0.25, 0.3) is 0 Å². The van der Waals surface area contributed by atoms with Gasteiger partial charge in [0.15, 0.2) is 11.6 Å². The van der Waals surface area contributed by atoms with Crippen LogP contribution < -0.4 is 0 Å². The molecule has 94 valence electrons. The van der Waals surface area contributed by atoms with Gasteiger partial charge in [-0.15, -0.1) is 0 Å². The van der Waals surface area contributed by atoms with Crippen LogP contribution in [0, 0.1) is 23.5 Å². The molecule has 0 radical (unpaired) electrons. The third-order valence-electron chi connectivity index (χ3n) is 3.71. The lowest BCUT2D eigenvalue weighted by molar-refractivity contribution is 0.109. The SMILES string of the molecule is CC1CCC(C(O)Cc2ccc(F)c(F)c2)C1. The van der Waals surface area contributed by atoms with Gasteiger partial charge in [0.2, 0.25) is 0 Å². The third-order valence-corrected chi connectivity index (χ3v) is 3.71. The van der Waals surface area contributed by atoms with Crippen LogP contribution in [-0.2, 0) is 6.42 Å². The molecular formula is C14H18F2O. The largest absolute Gasteiger partial charge is 0.392 e. The molecule has 1 aliphatic rings. The highest BCUT2D eigenvalue weighted by Crippen LogP contribution is 2.33. The lowest BCUT2D eigenvalue weighted by Gasteiger charge is -2.18. The normalized spacial score (nSPS) is 26.1. The second-order valence-electron chi connectivity index (χ2n) is 5.20. The van der Waals surface area contributed by atoms with Crippen LogP contribution in [0.4, 0.5) is 8.78 Å². The zero-order valence-corrected chi connectivity index (χ0v) is 10.00. The molecule has 1 aliphatic carbocycles. The minimum Gasteiger partial charge on any atom is -0.392 e. The number of rotatable bonds is 3. The van der Waals surface area contributed by atoms with Crippen molar-refractivity contribution in [2.45, 2.75) is 38.7 Å². The molecule has 2 rings (SSSR count). The Morgan fingerprint density at radius 2 is 2.06 bits per heavy atom. The first-order chi connectivity index (χ1) is 8.06.